The zero-order chi connectivity index (χ0) is 26.6. The Morgan fingerprint density at radius 1 is 0.923 bits per heavy atom. The van der Waals surface area contributed by atoms with E-state index in [1.54, 1.807) is 0 Å². The van der Waals surface area contributed by atoms with Gasteiger partial charge in [-0.25, -0.2) is 4.68 Å². The molecule has 0 bridgehead atoms. The summed E-state index contributed by atoms with van der Waals surface area (Å²) < 4.78 is 8.51. The Bertz CT molecular complexity index is 1490. The molecule has 0 unspecified atom stereocenters. The first-order valence-corrected chi connectivity index (χ1v) is 14.6. The van der Waals surface area contributed by atoms with Crippen LogP contribution in [0.5, 0.6) is 5.75 Å². The molecule has 7 heteroatoms. The van der Waals surface area contributed by atoms with Crippen LogP contribution in [0.1, 0.15) is 43.2 Å². The van der Waals surface area contributed by atoms with Crippen LogP contribution in [0.4, 0.5) is 0 Å². The van der Waals surface area contributed by atoms with Crippen molar-refractivity contribution in [2.45, 2.75) is 44.8 Å². The van der Waals surface area contributed by atoms with Crippen LogP contribution in [0.2, 0.25) is 0 Å². The predicted octanol–water partition coefficient (Wildman–Crippen LogP) is 7.65. The second kappa shape index (κ2) is 11.6. The van der Waals surface area contributed by atoms with Crippen molar-refractivity contribution in [2.75, 3.05) is 0 Å². The average molecular weight is 552 g/mol. The van der Waals surface area contributed by atoms with Crippen LogP contribution in [-0.2, 0) is 11.4 Å². The van der Waals surface area contributed by atoms with Crippen molar-refractivity contribution >= 4 is 40.3 Å². The Labute approximate surface area is 238 Å². The normalized spacial score (nSPS) is 17.2. The third-order valence-electron chi connectivity index (χ3n) is 7.19. The van der Waals surface area contributed by atoms with Crippen LogP contribution < -0.4 is 4.74 Å². The summed E-state index contributed by atoms with van der Waals surface area (Å²) in [5.74, 6) is 0.806. The third kappa shape index (κ3) is 5.70. The summed E-state index contributed by atoms with van der Waals surface area (Å²) in [5.41, 5.74) is 4.70. The first-order chi connectivity index (χ1) is 19.2. The lowest BCUT2D eigenvalue weighted by Gasteiger charge is -2.29. The number of benzene rings is 3. The van der Waals surface area contributed by atoms with Gasteiger partial charge in [0.2, 0.25) is 0 Å². The maximum absolute atomic E-state index is 13.5. The van der Waals surface area contributed by atoms with Crippen molar-refractivity contribution in [2.24, 2.45) is 0 Å². The van der Waals surface area contributed by atoms with Crippen LogP contribution >= 0.6 is 24.0 Å². The van der Waals surface area contributed by atoms with Gasteiger partial charge in [-0.3, -0.25) is 9.69 Å². The first kappa shape index (κ1) is 25.6. The van der Waals surface area contributed by atoms with Crippen molar-refractivity contribution in [1.29, 1.82) is 0 Å². The Morgan fingerprint density at radius 2 is 1.62 bits per heavy atom. The number of hydrogen-bond acceptors (Lipinski definition) is 5. The highest BCUT2D eigenvalue weighted by atomic mass is 32.2. The van der Waals surface area contributed by atoms with E-state index in [1.807, 2.05) is 107 Å². The standard InChI is InChI=1S/C32H29N3O2S2/c36-31-29(39-32(38)35(31)27-14-8-3-9-15-27)20-25-21-34(26-12-6-2-7-13-26)33-30(25)24-16-18-28(19-17-24)37-22-23-10-4-1-5-11-23/h1-2,4-7,10-13,16-21,27H,3,8-9,14-15,22H2. The highest BCUT2D eigenvalue weighted by Gasteiger charge is 2.37. The molecular weight excluding hydrogens is 523 g/mol. The van der Waals surface area contributed by atoms with E-state index in [4.69, 9.17) is 22.1 Å². The summed E-state index contributed by atoms with van der Waals surface area (Å²) in [4.78, 5) is 16.0. The SMILES string of the molecule is O=C1C(=Cc2cn(-c3ccccc3)nc2-c2ccc(OCc3ccccc3)cc2)SC(=S)N1C1CCCCC1. The third-order valence-corrected chi connectivity index (χ3v) is 8.52. The molecule has 1 aliphatic heterocycles. The number of thioether (sulfide) groups is 1. The molecule has 0 spiro atoms. The van der Waals surface area contributed by atoms with Crippen LogP contribution in [0.3, 0.4) is 0 Å². The van der Waals surface area contributed by atoms with Gasteiger partial charge in [0.05, 0.1) is 16.3 Å². The van der Waals surface area contributed by atoms with E-state index in [9.17, 15) is 4.79 Å². The molecular formula is C32H29N3O2S2. The van der Waals surface area contributed by atoms with E-state index in [0.29, 0.717) is 15.8 Å². The minimum absolute atomic E-state index is 0.0139. The second-order valence-corrected chi connectivity index (χ2v) is 11.5. The minimum Gasteiger partial charge on any atom is -0.489 e. The molecule has 0 N–H and O–H groups in total. The van der Waals surface area contributed by atoms with Gasteiger partial charge in [0.15, 0.2) is 0 Å². The molecule has 0 atom stereocenters. The van der Waals surface area contributed by atoms with Crippen LogP contribution in [0.25, 0.3) is 23.0 Å². The van der Waals surface area contributed by atoms with E-state index >= 15 is 0 Å². The van der Waals surface area contributed by atoms with E-state index in [1.165, 1.54) is 18.2 Å². The number of carbonyl (C=O) groups excluding carboxylic acids is 1. The predicted molar refractivity (Wildman–Crippen MR) is 162 cm³/mol. The molecule has 0 radical (unpaired) electrons. The van der Waals surface area contributed by atoms with Crippen molar-refractivity contribution in [1.82, 2.24) is 14.7 Å². The number of amides is 1. The van der Waals surface area contributed by atoms with E-state index in [0.717, 1.165) is 59.5 Å². The molecule has 1 saturated heterocycles. The Morgan fingerprint density at radius 3 is 2.33 bits per heavy atom. The summed E-state index contributed by atoms with van der Waals surface area (Å²) in [7, 11) is 0. The molecule has 2 aliphatic rings. The van der Waals surface area contributed by atoms with Gasteiger partial charge in [0, 0.05) is 23.4 Å². The molecule has 3 aromatic carbocycles. The molecule has 1 aromatic heterocycles. The van der Waals surface area contributed by atoms with Crippen LogP contribution in [-0.4, -0.2) is 30.9 Å². The molecule has 6 rings (SSSR count). The van der Waals surface area contributed by atoms with Crippen molar-refractivity contribution in [3.63, 3.8) is 0 Å². The monoisotopic (exact) mass is 551 g/mol. The van der Waals surface area contributed by atoms with E-state index in [-0.39, 0.29) is 11.9 Å². The van der Waals surface area contributed by atoms with Gasteiger partial charge in [-0.2, -0.15) is 5.10 Å². The Hall–Kier alpha value is -3.68. The average Bonchev–Trinajstić information content (AvgIpc) is 3.53. The van der Waals surface area contributed by atoms with Crippen molar-refractivity contribution in [3.05, 3.63) is 107 Å². The largest absolute Gasteiger partial charge is 0.489 e. The first-order valence-electron chi connectivity index (χ1n) is 13.3. The number of nitrogens with zero attached hydrogens (tertiary/aromatic N) is 3. The Balaban J connectivity index is 1.30. The van der Waals surface area contributed by atoms with Crippen molar-refractivity contribution in [3.8, 4) is 22.7 Å². The lowest BCUT2D eigenvalue weighted by molar-refractivity contribution is -0.124. The van der Waals surface area contributed by atoms with Gasteiger partial charge in [0.1, 0.15) is 16.7 Å². The molecule has 2 heterocycles. The van der Waals surface area contributed by atoms with E-state index in [2.05, 4.69) is 0 Å². The number of rotatable bonds is 7. The lowest BCUT2D eigenvalue weighted by atomic mass is 9.94. The fourth-order valence-electron chi connectivity index (χ4n) is 5.16. The maximum atomic E-state index is 13.5. The number of ether oxygens (including phenoxy) is 1. The summed E-state index contributed by atoms with van der Waals surface area (Å²) in [6.07, 6.45) is 9.52. The molecule has 2 fully saturated rings. The molecule has 1 amide bonds. The fourth-order valence-corrected chi connectivity index (χ4v) is 6.55. The van der Waals surface area contributed by atoms with Gasteiger partial charge in [-0.15, -0.1) is 0 Å². The summed E-state index contributed by atoms with van der Waals surface area (Å²) in [6, 6.07) is 28.3. The van der Waals surface area contributed by atoms with E-state index < -0.39 is 0 Å². The number of para-hydroxylation sites is 1. The number of thiocarbonyl (C=S) groups is 1. The lowest BCUT2D eigenvalue weighted by Crippen LogP contribution is -2.39. The molecule has 39 heavy (non-hydrogen) atoms. The zero-order valence-corrected chi connectivity index (χ0v) is 23.2. The van der Waals surface area contributed by atoms with Crippen LogP contribution in [0, 0.1) is 0 Å². The summed E-state index contributed by atoms with van der Waals surface area (Å²) in [6.45, 7) is 0.511. The van der Waals surface area contributed by atoms with Crippen molar-refractivity contribution < 1.29 is 9.53 Å². The smallest absolute Gasteiger partial charge is 0.266 e. The number of aromatic nitrogens is 2. The van der Waals surface area contributed by atoms with Gasteiger partial charge in [-0.1, -0.05) is 91.8 Å². The molecule has 5 nitrogen and oxygen atoms in total. The highest BCUT2D eigenvalue weighted by Crippen LogP contribution is 2.38. The van der Waals surface area contributed by atoms with Gasteiger partial charge in [-0.05, 0) is 60.9 Å². The topological polar surface area (TPSA) is 47.4 Å². The molecule has 4 aromatic rings. The molecule has 1 saturated carbocycles. The summed E-state index contributed by atoms with van der Waals surface area (Å²) >= 11 is 7.06. The number of hydrogen-bond donors (Lipinski definition) is 0. The minimum atomic E-state index is 0.0139. The molecule has 1 aliphatic carbocycles. The van der Waals surface area contributed by atoms with Gasteiger partial charge in [0.25, 0.3) is 5.91 Å². The summed E-state index contributed by atoms with van der Waals surface area (Å²) in [5, 5.41) is 4.93. The quantitative estimate of drug-likeness (QED) is 0.174. The zero-order valence-electron chi connectivity index (χ0n) is 21.5. The highest BCUT2D eigenvalue weighted by molar-refractivity contribution is 8.26. The number of carbonyl (C=O) groups is 1. The van der Waals surface area contributed by atoms with Crippen LogP contribution in [0.15, 0.2) is 96.0 Å². The fraction of sp³-hybridized carbons (Fsp3) is 0.219. The second-order valence-electron chi connectivity index (χ2n) is 9.86. The Kier molecular flexibility index (Phi) is 7.61. The van der Waals surface area contributed by atoms with Gasteiger partial charge < -0.3 is 4.74 Å². The maximum Gasteiger partial charge on any atom is 0.266 e. The molecule has 196 valence electrons. The van der Waals surface area contributed by atoms with Gasteiger partial charge >= 0.3 is 0 Å².